The molecule has 8 atom stereocenters. The molecule has 0 aromatic carbocycles. The second-order valence-electron chi connectivity index (χ2n) is 13.4. The van der Waals surface area contributed by atoms with Gasteiger partial charge in [0.05, 0.1) is 6.61 Å². The fourth-order valence-electron chi connectivity index (χ4n) is 9.36. The van der Waals surface area contributed by atoms with Crippen LogP contribution in [0.3, 0.4) is 0 Å². The van der Waals surface area contributed by atoms with Crippen LogP contribution in [0.5, 0.6) is 0 Å². The van der Waals surface area contributed by atoms with Gasteiger partial charge in [-0.2, -0.15) is 0 Å². The Bertz CT molecular complexity index is 784. The first-order valence-electron chi connectivity index (χ1n) is 15.7. The monoisotopic (exact) mass is 516 g/mol. The number of alkyl carbamates (subject to hydrolysis) is 1. The summed E-state index contributed by atoms with van der Waals surface area (Å²) in [5.41, 5.74) is 7.86. The number of ether oxygens (including phenoxy) is 2. The molecule has 0 aromatic heterocycles. The van der Waals surface area contributed by atoms with Crippen molar-refractivity contribution in [2.75, 3.05) is 26.3 Å². The lowest BCUT2D eigenvalue weighted by molar-refractivity contribution is -0.0581. The average Bonchev–Trinajstić information content (AvgIpc) is 3.24. The quantitative estimate of drug-likeness (QED) is 0.212. The minimum atomic E-state index is -0.278. The van der Waals surface area contributed by atoms with E-state index in [1.54, 1.807) is 5.57 Å². The third kappa shape index (κ3) is 6.24. The van der Waals surface area contributed by atoms with E-state index in [0.29, 0.717) is 37.1 Å². The lowest BCUT2D eigenvalue weighted by Gasteiger charge is -2.58. The van der Waals surface area contributed by atoms with Gasteiger partial charge in [0.25, 0.3) is 0 Å². The smallest absolute Gasteiger partial charge is 0.407 e. The second kappa shape index (κ2) is 12.9. The zero-order valence-corrected chi connectivity index (χ0v) is 24.4. The van der Waals surface area contributed by atoms with Crippen molar-refractivity contribution < 1.29 is 14.3 Å². The maximum Gasteiger partial charge on any atom is 0.407 e. The fourth-order valence-corrected chi connectivity index (χ4v) is 9.36. The third-order valence-corrected chi connectivity index (χ3v) is 11.4. The van der Waals surface area contributed by atoms with Gasteiger partial charge in [0.15, 0.2) is 0 Å². The Labute approximate surface area is 227 Å². The van der Waals surface area contributed by atoms with Crippen LogP contribution in [0.2, 0.25) is 0 Å². The van der Waals surface area contributed by atoms with Crippen molar-refractivity contribution in [1.82, 2.24) is 5.32 Å². The highest BCUT2D eigenvalue weighted by molar-refractivity contribution is 5.67. The molecule has 0 radical (unpaired) electrons. The maximum absolute atomic E-state index is 12.4. The van der Waals surface area contributed by atoms with Gasteiger partial charge in [-0.05, 0) is 91.8 Å². The van der Waals surface area contributed by atoms with E-state index in [-0.39, 0.29) is 12.2 Å². The number of amides is 1. The molecule has 0 bridgehead atoms. The Balaban J connectivity index is 1.32. The van der Waals surface area contributed by atoms with Gasteiger partial charge in [0.1, 0.15) is 6.10 Å². The molecule has 0 aliphatic heterocycles. The zero-order valence-electron chi connectivity index (χ0n) is 24.4. The van der Waals surface area contributed by atoms with Gasteiger partial charge < -0.3 is 20.5 Å². The number of nitrogens with two attached hydrogens (primary N) is 1. The summed E-state index contributed by atoms with van der Waals surface area (Å²) in [6, 6.07) is 0. The molecule has 4 aliphatic carbocycles. The third-order valence-electron chi connectivity index (χ3n) is 11.4. The van der Waals surface area contributed by atoms with Crippen LogP contribution < -0.4 is 11.1 Å². The van der Waals surface area contributed by atoms with Gasteiger partial charge in [0, 0.05) is 26.1 Å². The molecular weight excluding hydrogens is 460 g/mol. The molecule has 212 valence electrons. The van der Waals surface area contributed by atoms with Crippen LogP contribution in [0.4, 0.5) is 4.79 Å². The molecule has 3 unspecified atom stereocenters. The summed E-state index contributed by atoms with van der Waals surface area (Å²) in [7, 11) is 0. The first-order chi connectivity index (χ1) is 17.8. The number of rotatable bonds is 12. The molecule has 0 saturated heterocycles. The van der Waals surface area contributed by atoms with Crippen molar-refractivity contribution in [2.45, 2.75) is 117 Å². The number of fused-ring (bicyclic) bond motifs is 5. The molecule has 4 aliphatic rings. The minimum absolute atomic E-state index is 0.0121. The van der Waals surface area contributed by atoms with E-state index in [0.717, 1.165) is 55.3 Å². The van der Waals surface area contributed by atoms with Gasteiger partial charge in [0.2, 0.25) is 0 Å². The number of nitrogens with one attached hydrogen (secondary N) is 1. The Morgan fingerprint density at radius 1 is 1.11 bits per heavy atom. The summed E-state index contributed by atoms with van der Waals surface area (Å²) in [6.45, 7) is 12.4. The van der Waals surface area contributed by atoms with Crippen LogP contribution in [-0.2, 0) is 9.47 Å². The van der Waals surface area contributed by atoms with E-state index in [4.69, 9.17) is 15.2 Å². The van der Waals surface area contributed by atoms with Gasteiger partial charge >= 0.3 is 6.09 Å². The van der Waals surface area contributed by atoms with E-state index in [1.165, 1.54) is 57.8 Å². The molecular formula is C32H56N2O3. The molecule has 37 heavy (non-hydrogen) atoms. The van der Waals surface area contributed by atoms with Gasteiger partial charge in [-0.3, -0.25) is 0 Å². The number of allylic oxidation sites excluding steroid dienone is 1. The highest BCUT2D eigenvalue weighted by atomic mass is 16.6. The van der Waals surface area contributed by atoms with E-state index in [9.17, 15) is 4.79 Å². The highest BCUT2D eigenvalue weighted by Gasteiger charge is 2.59. The Kier molecular flexibility index (Phi) is 10.0. The first-order valence-corrected chi connectivity index (χ1v) is 15.7. The van der Waals surface area contributed by atoms with Crippen LogP contribution >= 0.6 is 0 Å². The molecule has 4 rings (SSSR count). The van der Waals surface area contributed by atoms with E-state index >= 15 is 0 Å². The van der Waals surface area contributed by atoms with Crippen molar-refractivity contribution in [1.29, 1.82) is 0 Å². The van der Waals surface area contributed by atoms with E-state index in [1.807, 2.05) is 0 Å². The summed E-state index contributed by atoms with van der Waals surface area (Å²) >= 11 is 0. The standard InChI is InChI=1S/C32H56N2O3/c1-5-6-7-9-23(2)27-12-13-28-26-11-10-24-22-25(37-30(35)34-19-8-20-36-21-18-33)14-16-31(24,3)29(26)15-17-32(27,28)4/h10,23,25-29H,5-9,11-22,33H2,1-4H3,(H,34,35)/t23-,25+,26?,27-,28?,29?,31+,32-/m1/s1. The molecule has 1 amide bonds. The van der Waals surface area contributed by atoms with Gasteiger partial charge in [-0.15, -0.1) is 0 Å². The number of hydrogen-bond acceptors (Lipinski definition) is 4. The number of carbonyl (C=O) groups is 1. The van der Waals surface area contributed by atoms with E-state index < -0.39 is 0 Å². The number of carbonyl (C=O) groups excluding carboxylic acids is 1. The molecule has 3 fully saturated rings. The molecule has 5 nitrogen and oxygen atoms in total. The predicted octanol–water partition coefficient (Wildman–Crippen LogP) is 7.24. The van der Waals surface area contributed by atoms with Crippen LogP contribution in [0.15, 0.2) is 11.6 Å². The van der Waals surface area contributed by atoms with Crippen LogP contribution in [0.25, 0.3) is 0 Å². The lowest BCUT2D eigenvalue weighted by atomic mass is 9.47. The Hall–Kier alpha value is -1.07. The zero-order chi connectivity index (χ0) is 26.5. The van der Waals surface area contributed by atoms with Crippen molar-refractivity contribution in [3.8, 4) is 0 Å². The maximum atomic E-state index is 12.4. The Morgan fingerprint density at radius 2 is 1.95 bits per heavy atom. The number of hydrogen-bond donors (Lipinski definition) is 2. The highest BCUT2D eigenvalue weighted by Crippen LogP contribution is 2.67. The number of unbranched alkanes of at least 4 members (excludes halogenated alkanes) is 2. The molecule has 3 saturated carbocycles. The predicted molar refractivity (Wildman–Crippen MR) is 151 cm³/mol. The summed E-state index contributed by atoms with van der Waals surface area (Å²) in [4.78, 5) is 12.4. The summed E-state index contributed by atoms with van der Waals surface area (Å²) < 4.78 is 11.2. The second-order valence-corrected chi connectivity index (χ2v) is 13.4. The lowest BCUT2D eigenvalue weighted by Crippen LogP contribution is -2.51. The minimum Gasteiger partial charge on any atom is -0.446 e. The van der Waals surface area contributed by atoms with Crippen molar-refractivity contribution >= 4 is 6.09 Å². The Morgan fingerprint density at radius 3 is 2.73 bits per heavy atom. The molecule has 0 aromatic rings. The average molecular weight is 517 g/mol. The molecule has 5 heteroatoms. The normalized spacial score (nSPS) is 37.6. The topological polar surface area (TPSA) is 73.6 Å². The summed E-state index contributed by atoms with van der Waals surface area (Å²) in [5.74, 6) is 4.35. The van der Waals surface area contributed by atoms with Crippen LogP contribution in [0.1, 0.15) is 111 Å². The molecule has 0 spiro atoms. The van der Waals surface area contributed by atoms with Gasteiger partial charge in [-0.25, -0.2) is 4.79 Å². The largest absolute Gasteiger partial charge is 0.446 e. The van der Waals surface area contributed by atoms with Crippen molar-refractivity contribution in [3.05, 3.63) is 11.6 Å². The molecule has 3 N–H and O–H groups in total. The molecule has 0 heterocycles. The van der Waals surface area contributed by atoms with Crippen molar-refractivity contribution in [3.63, 3.8) is 0 Å². The van der Waals surface area contributed by atoms with Crippen LogP contribution in [-0.4, -0.2) is 38.5 Å². The SMILES string of the molecule is CCCCC[C@@H](C)[C@H]1CCC2C3CC=C4C[C@@H](OC(=O)NCCCOCCN)CC[C@]4(C)C3CC[C@@]21C. The van der Waals surface area contributed by atoms with Crippen molar-refractivity contribution in [2.24, 2.45) is 46.2 Å². The fraction of sp³-hybridized carbons (Fsp3) is 0.906. The summed E-state index contributed by atoms with van der Waals surface area (Å²) in [6.07, 6.45) is 18.7. The first kappa shape index (κ1) is 28.9. The summed E-state index contributed by atoms with van der Waals surface area (Å²) in [5, 5.41) is 2.90. The van der Waals surface area contributed by atoms with E-state index in [2.05, 4.69) is 39.1 Å². The van der Waals surface area contributed by atoms with Gasteiger partial charge in [-0.1, -0.05) is 65.0 Å². The van der Waals surface area contributed by atoms with Crippen LogP contribution in [0, 0.1) is 40.4 Å².